The van der Waals surface area contributed by atoms with Gasteiger partial charge in [-0.3, -0.25) is 0 Å². The molecule has 114 valence electrons. The summed E-state index contributed by atoms with van der Waals surface area (Å²) in [5.41, 5.74) is 1.86. The molecule has 0 fully saturated rings. The Balaban J connectivity index is 2.42. The Morgan fingerprint density at radius 2 is 1.80 bits per heavy atom. The number of nitrogens with one attached hydrogen (secondary N) is 1. The highest BCUT2D eigenvalue weighted by atomic mass is 19.4. The Bertz CT molecular complexity index is 391. The van der Waals surface area contributed by atoms with Crippen molar-refractivity contribution in [2.24, 2.45) is 5.92 Å². The van der Waals surface area contributed by atoms with E-state index >= 15 is 0 Å². The van der Waals surface area contributed by atoms with Crippen molar-refractivity contribution in [3.05, 3.63) is 35.4 Å². The molecular formula is C15H22F3NO. The Morgan fingerprint density at radius 1 is 1.15 bits per heavy atom. The van der Waals surface area contributed by atoms with E-state index in [1.54, 1.807) is 0 Å². The number of halogens is 3. The van der Waals surface area contributed by atoms with Crippen molar-refractivity contribution in [2.75, 3.05) is 19.7 Å². The first-order valence-corrected chi connectivity index (χ1v) is 6.80. The number of hydrogen-bond acceptors (Lipinski definition) is 2. The van der Waals surface area contributed by atoms with Crippen LogP contribution in [0.1, 0.15) is 25.0 Å². The quantitative estimate of drug-likeness (QED) is 0.739. The van der Waals surface area contributed by atoms with Gasteiger partial charge in [-0.25, -0.2) is 0 Å². The summed E-state index contributed by atoms with van der Waals surface area (Å²) in [7, 11) is 0. The van der Waals surface area contributed by atoms with Crippen LogP contribution in [0.2, 0.25) is 0 Å². The Labute approximate surface area is 118 Å². The third-order valence-corrected chi connectivity index (χ3v) is 2.77. The van der Waals surface area contributed by atoms with Crippen LogP contribution in [0.15, 0.2) is 24.3 Å². The zero-order valence-electron chi connectivity index (χ0n) is 12.0. The zero-order chi connectivity index (χ0) is 15.0. The highest BCUT2D eigenvalue weighted by molar-refractivity contribution is 5.26. The molecule has 5 heteroatoms. The molecule has 0 bridgehead atoms. The van der Waals surface area contributed by atoms with Crippen molar-refractivity contribution in [1.82, 2.24) is 5.32 Å². The molecule has 0 unspecified atom stereocenters. The fourth-order valence-electron chi connectivity index (χ4n) is 1.83. The first-order chi connectivity index (χ1) is 9.38. The molecule has 0 atom stereocenters. The third kappa shape index (κ3) is 7.50. The molecule has 0 heterocycles. The Kier molecular flexibility index (Phi) is 7.02. The van der Waals surface area contributed by atoms with Crippen LogP contribution in [-0.4, -0.2) is 25.9 Å². The summed E-state index contributed by atoms with van der Waals surface area (Å²) in [6, 6.07) is 7.46. The number of rotatable bonds is 8. The van der Waals surface area contributed by atoms with Crippen LogP contribution < -0.4 is 5.32 Å². The molecule has 0 aliphatic rings. The molecule has 20 heavy (non-hydrogen) atoms. The lowest BCUT2D eigenvalue weighted by Gasteiger charge is -2.12. The summed E-state index contributed by atoms with van der Waals surface area (Å²) in [4.78, 5) is 0. The van der Waals surface area contributed by atoms with Gasteiger partial charge in [0.05, 0.1) is 6.61 Å². The Hall–Kier alpha value is -1.07. The van der Waals surface area contributed by atoms with E-state index in [1.807, 2.05) is 24.3 Å². The molecule has 1 aromatic rings. The fraction of sp³-hybridized carbons (Fsp3) is 0.600. The maximum atomic E-state index is 12.0. The molecule has 0 saturated carbocycles. The van der Waals surface area contributed by atoms with Crippen molar-refractivity contribution in [3.8, 4) is 0 Å². The first-order valence-electron chi connectivity index (χ1n) is 6.80. The van der Waals surface area contributed by atoms with Gasteiger partial charge in [-0.15, -0.1) is 0 Å². The van der Waals surface area contributed by atoms with Crippen LogP contribution in [0.3, 0.4) is 0 Å². The van der Waals surface area contributed by atoms with Crippen molar-refractivity contribution in [3.63, 3.8) is 0 Å². The van der Waals surface area contributed by atoms with Crippen molar-refractivity contribution >= 4 is 0 Å². The highest BCUT2D eigenvalue weighted by Crippen LogP contribution is 2.17. The molecule has 0 aromatic heterocycles. The average Bonchev–Trinajstić information content (AvgIpc) is 2.34. The molecule has 0 aliphatic carbocycles. The van der Waals surface area contributed by atoms with E-state index in [4.69, 9.17) is 4.74 Å². The molecule has 1 rings (SSSR count). The standard InChI is InChI=1S/C15H22F3NO/c1-12(2)9-19-8-7-13-5-3-4-6-14(13)10-20-11-15(16,17)18/h3-6,12,19H,7-11H2,1-2H3. The largest absolute Gasteiger partial charge is 0.411 e. The smallest absolute Gasteiger partial charge is 0.367 e. The summed E-state index contributed by atoms with van der Waals surface area (Å²) < 4.78 is 40.9. The lowest BCUT2D eigenvalue weighted by molar-refractivity contribution is -0.176. The summed E-state index contributed by atoms with van der Waals surface area (Å²) in [6.07, 6.45) is -3.48. The van der Waals surface area contributed by atoms with E-state index < -0.39 is 12.8 Å². The van der Waals surface area contributed by atoms with Gasteiger partial charge in [0.1, 0.15) is 6.61 Å². The SMILES string of the molecule is CC(C)CNCCc1ccccc1COCC(F)(F)F. The summed E-state index contributed by atoms with van der Waals surface area (Å²) >= 11 is 0. The van der Waals surface area contributed by atoms with Crippen LogP contribution in [-0.2, 0) is 17.8 Å². The van der Waals surface area contributed by atoms with Gasteiger partial charge in [0, 0.05) is 0 Å². The lowest BCUT2D eigenvalue weighted by atomic mass is 10.1. The van der Waals surface area contributed by atoms with Crippen LogP contribution >= 0.6 is 0 Å². The number of hydrogen-bond donors (Lipinski definition) is 1. The van der Waals surface area contributed by atoms with Crippen LogP contribution in [0.5, 0.6) is 0 Å². The van der Waals surface area contributed by atoms with Crippen molar-refractivity contribution < 1.29 is 17.9 Å². The van der Waals surface area contributed by atoms with Crippen LogP contribution in [0, 0.1) is 5.92 Å². The third-order valence-electron chi connectivity index (χ3n) is 2.77. The minimum absolute atomic E-state index is 0.000135. The van der Waals surface area contributed by atoms with E-state index in [0.29, 0.717) is 5.92 Å². The summed E-state index contributed by atoms with van der Waals surface area (Å²) in [5.74, 6) is 0.584. The van der Waals surface area contributed by atoms with Gasteiger partial charge in [-0.1, -0.05) is 38.1 Å². The molecule has 0 saturated heterocycles. The highest BCUT2D eigenvalue weighted by Gasteiger charge is 2.27. The molecular weight excluding hydrogens is 267 g/mol. The zero-order valence-corrected chi connectivity index (χ0v) is 12.0. The van der Waals surface area contributed by atoms with Gasteiger partial charge in [0.25, 0.3) is 0 Å². The molecule has 0 amide bonds. The minimum atomic E-state index is -4.27. The van der Waals surface area contributed by atoms with E-state index in [-0.39, 0.29) is 6.61 Å². The average molecular weight is 289 g/mol. The van der Waals surface area contributed by atoms with Crippen LogP contribution in [0.25, 0.3) is 0 Å². The van der Waals surface area contributed by atoms with E-state index in [9.17, 15) is 13.2 Å². The predicted octanol–water partition coefficient (Wildman–Crippen LogP) is 3.55. The number of benzene rings is 1. The van der Waals surface area contributed by atoms with Gasteiger partial charge < -0.3 is 10.1 Å². The first kappa shape index (κ1) is 17.0. The topological polar surface area (TPSA) is 21.3 Å². The van der Waals surface area contributed by atoms with Gasteiger partial charge in [-0.05, 0) is 36.6 Å². The Morgan fingerprint density at radius 3 is 2.40 bits per heavy atom. The maximum Gasteiger partial charge on any atom is 0.411 e. The number of alkyl halides is 3. The second-order valence-corrected chi connectivity index (χ2v) is 5.22. The van der Waals surface area contributed by atoms with Crippen molar-refractivity contribution in [2.45, 2.75) is 33.1 Å². The second-order valence-electron chi connectivity index (χ2n) is 5.22. The van der Waals surface area contributed by atoms with E-state index in [1.165, 1.54) is 0 Å². The predicted molar refractivity (Wildman–Crippen MR) is 73.6 cm³/mol. The van der Waals surface area contributed by atoms with E-state index in [2.05, 4.69) is 19.2 Å². The normalized spacial score (nSPS) is 12.1. The molecule has 0 radical (unpaired) electrons. The maximum absolute atomic E-state index is 12.0. The second kappa shape index (κ2) is 8.27. The fourth-order valence-corrected chi connectivity index (χ4v) is 1.83. The summed E-state index contributed by atoms with van der Waals surface area (Å²) in [6.45, 7) is 4.81. The monoisotopic (exact) mass is 289 g/mol. The number of ether oxygens (including phenoxy) is 1. The minimum Gasteiger partial charge on any atom is -0.367 e. The van der Waals surface area contributed by atoms with E-state index in [0.717, 1.165) is 30.6 Å². The molecule has 0 aliphatic heterocycles. The molecule has 1 aromatic carbocycles. The van der Waals surface area contributed by atoms with Crippen molar-refractivity contribution in [1.29, 1.82) is 0 Å². The molecule has 1 N–H and O–H groups in total. The lowest BCUT2D eigenvalue weighted by Crippen LogP contribution is -2.22. The van der Waals surface area contributed by atoms with Gasteiger partial charge in [0.15, 0.2) is 0 Å². The van der Waals surface area contributed by atoms with Gasteiger partial charge in [-0.2, -0.15) is 13.2 Å². The summed E-state index contributed by atoms with van der Waals surface area (Å²) in [5, 5.41) is 3.32. The molecule has 0 spiro atoms. The molecule has 2 nitrogen and oxygen atoms in total. The van der Waals surface area contributed by atoms with Gasteiger partial charge >= 0.3 is 6.18 Å². The van der Waals surface area contributed by atoms with Gasteiger partial charge in [0.2, 0.25) is 0 Å². The van der Waals surface area contributed by atoms with Crippen LogP contribution in [0.4, 0.5) is 13.2 Å².